The number of urea groups is 1. The summed E-state index contributed by atoms with van der Waals surface area (Å²) in [7, 11) is 0. The van der Waals surface area contributed by atoms with Gasteiger partial charge in [-0.05, 0) is 27.7 Å². The molecule has 7 nitrogen and oxygen atoms in total. The first-order valence-corrected chi connectivity index (χ1v) is 5.08. The lowest BCUT2D eigenvalue weighted by Crippen LogP contribution is -2.59. The fraction of sp³-hybridized carbons (Fsp3) is 0.700. The Kier molecular flexibility index (Phi) is 4.50. The van der Waals surface area contributed by atoms with E-state index >= 15 is 0 Å². The number of carbonyl (C=O) groups is 3. The molecule has 0 bridgehead atoms. The monoisotopic (exact) mass is 245 g/mol. The number of hydrogen-bond acceptors (Lipinski definition) is 3. The number of nitrogens with one attached hydrogen (secondary N) is 2. The minimum atomic E-state index is -1.19. The summed E-state index contributed by atoms with van der Waals surface area (Å²) in [6, 6.07) is -0.639. The highest BCUT2D eigenvalue weighted by molar-refractivity contribution is 5.89. The third kappa shape index (κ3) is 5.74. The first-order chi connectivity index (χ1) is 7.46. The lowest BCUT2D eigenvalue weighted by molar-refractivity contribution is -0.138. The molecule has 0 fully saturated rings. The number of carboxylic acids is 1. The maximum atomic E-state index is 11.5. The van der Waals surface area contributed by atoms with Crippen molar-refractivity contribution in [3.63, 3.8) is 0 Å². The molecule has 0 saturated carbocycles. The number of rotatable bonds is 5. The van der Waals surface area contributed by atoms with Crippen molar-refractivity contribution in [3.05, 3.63) is 0 Å². The van der Waals surface area contributed by atoms with Gasteiger partial charge in [0.15, 0.2) is 0 Å². The van der Waals surface area contributed by atoms with Gasteiger partial charge in [0.1, 0.15) is 5.54 Å². The molecule has 98 valence electrons. The highest BCUT2D eigenvalue weighted by Gasteiger charge is 2.30. The zero-order chi connectivity index (χ0) is 13.9. The maximum absolute atomic E-state index is 11.5. The second-order valence-corrected chi connectivity index (χ2v) is 5.02. The van der Waals surface area contributed by atoms with Crippen LogP contribution >= 0.6 is 0 Å². The van der Waals surface area contributed by atoms with Gasteiger partial charge in [0.2, 0.25) is 5.91 Å². The van der Waals surface area contributed by atoms with Crippen molar-refractivity contribution in [2.24, 2.45) is 5.73 Å². The number of carbonyl (C=O) groups excluding carboxylic acids is 2. The topological polar surface area (TPSA) is 122 Å². The van der Waals surface area contributed by atoms with Gasteiger partial charge in [0, 0.05) is 5.54 Å². The summed E-state index contributed by atoms with van der Waals surface area (Å²) >= 11 is 0. The Bertz CT molecular complexity index is 336. The molecule has 7 heteroatoms. The van der Waals surface area contributed by atoms with E-state index in [1.807, 2.05) is 0 Å². The second kappa shape index (κ2) is 5.03. The van der Waals surface area contributed by atoms with Crippen molar-refractivity contribution in [2.45, 2.75) is 45.2 Å². The molecule has 0 radical (unpaired) electrons. The van der Waals surface area contributed by atoms with Gasteiger partial charge in [-0.1, -0.05) is 0 Å². The van der Waals surface area contributed by atoms with Crippen molar-refractivity contribution in [1.82, 2.24) is 10.6 Å². The number of primary amides is 1. The Hall–Kier alpha value is -1.79. The second-order valence-electron chi connectivity index (χ2n) is 5.02. The quantitative estimate of drug-likeness (QED) is 0.536. The molecule has 0 aromatic carbocycles. The van der Waals surface area contributed by atoms with Crippen LogP contribution in [0.1, 0.15) is 34.1 Å². The Morgan fingerprint density at radius 3 is 1.94 bits per heavy atom. The first kappa shape index (κ1) is 15.2. The summed E-state index contributed by atoms with van der Waals surface area (Å²) in [4.78, 5) is 33.1. The molecule has 0 rings (SSSR count). The minimum Gasteiger partial charge on any atom is -0.481 e. The van der Waals surface area contributed by atoms with Gasteiger partial charge in [-0.25, -0.2) is 4.79 Å². The van der Waals surface area contributed by atoms with Crippen molar-refractivity contribution in [3.8, 4) is 0 Å². The van der Waals surface area contributed by atoms with E-state index in [1.165, 1.54) is 13.8 Å². The molecule has 0 aromatic heterocycles. The van der Waals surface area contributed by atoms with Crippen LogP contribution in [0.5, 0.6) is 0 Å². The van der Waals surface area contributed by atoms with Crippen molar-refractivity contribution in [1.29, 1.82) is 0 Å². The van der Waals surface area contributed by atoms with Crippen molar-refractivity contribution in [2.75, 3.05) is 0 Å². The summed E-state index contributed by atoms with van der Waals surface area (Å²) in [5.74, 6) is -1.70. The van der Waals surface area contributed by atoms with Gasteiger partial charge in [0.05, 0.1) is 6.42 Å². The SMILES string of the molecule is CC(C)(CC(=O)O)NC(=O)NC(C)(C)C(N)=O. The normalized spacial score (nSPS) is 11.8. The lowest BCUT2D eigenvalue weighted by Gasteiger charge is -2.28. The van der Waals surface area contributed by atoms with Crippen LogP contribution < -0.4 is 16.4 Å². The average molecular weight is 245 g/mol. The molecule has 0 spiro atoms. The van der Waals surface area contributed by atoms with E-state index in [-0.39, 0.29) is 6.42 Å². The highest BCUT2D eigenvalue weighted by atomic mass is 16.4. The largest absolute Gasteiger partial charge is 0.481 e. The molecule has 0 heterocycles. The van der Waals surface area contributed by atoms with E-state index in [0.717, 1.165) is 0 Å². The molecule has 0 unspecified atom stereocenters. The molecule has 17 heavy (non-hydrogen) atoms. The van der Waals surface area contributed by atoms with E-state index in [0.29, 0.717) is 0 Å². The number of amides is 3. The first-order valence-electron chi connectivity index (χ1n) is 5.08. The van der Waals surface area contributed by atoms with Crippen LogP contribution in [-0.4, -0.2) is 34.1 Å². The third-order valence-corrected chi connectivity index (χ3v) is 2.09. The summed E-state index contributed by atoms with van der Waals surface area (Å²) < 4.78 is 0. The standard InChI is InChI=1S/C10H19N3O4/c1-9(2,5-6(14)15)12-8(17)13-10(3,4)7(11)16/h5H2,1-4H3,(H2,11,16)(H,14,15)(H2,12,13,17). The van der Waals surface area contributed by atoms with Gasteiger partial charge in [-0.3, -0.25) is 9.59 Å². The number of hydrogen-bond donors (Lipinski definition) is 4. The molecule has 0 saturated heterocycles. The molecule has 0 aliphatic rings. The molecule has 0 aromatic rings. The fourth-order valence-electron chi connectivity index (χ4n) is 1.11. The summed E-state index contributed by atoms with van der Waals surface area (Å²) in [6.07, 6.45) is -0.225. The molecular formula is C10H19N3O4. The van der Waals surface area contributed by atoms with Crippen LogP contribution in [0, 0.1) is 0 Å². The van der Waals surface area contributed by atoms with Gasteiger partial charge < -0.3 is 21.5 Å². The van der Waals surface area contributed by atoms with Crippen LogP contribution in [-0.2, 0) is 9.59 Å². The maximum Gasteiger partial charge on any atom is 0.316 e. The minimum absolute atomic E-state index is 0.225. The zero-order valence-corrected chi connectivity index (χ0v) is 10.5. The van der Waals surface area contributed by atoms with Crippen LogP contribution in [0.15, 0.2) is 0 Å². The Morgan fingerprint density at radius 2 is 1.59 bits per heavy atom. The molecule has 0 aliphatic heterocycles. The highest BCUT2D eigenvalue weighted by Crippen LogP contribution is 2.08. The van der Waals surface area contributed by atoms with E-state index in [2.05, 4.69) is 10.6 Å². The third-order valence-electron chi connectivity index (χ3n) is 2.09. The van der Waals surface area contributed by atoms with E-state index in [9.17, 15) is 14.4 Å². The summed E-state index contributed by atoms with van der Waals surface area (Å²) in [5, 5.41) is 13.5. The smallest absolute Gasteiger partial charge is 0.316 e. The van der Waals surface area contributed by atoms with Gasteiger partial charge >= 0.3 is 12.0 Å². The predicted molar refractivity (Wildman–Crippen MR) is 61.3 cm³/mol. The van der Waals surface area contributed by atoms with Crippen LogP contribution in [0.2, 0.25) is 0 Å². The van der Waals surface area contributed by atoms with Gasteiger partial charge in [-0.15, -0.1) is 0 Å². The molecule has 3 amide bonds. The summed E-state index contributed by atoms with van der Waals surface area (Å²) in [5.41, 5.74) is 2.98. The Labute approximate surface area is 99.7 Å². The van der Waals surface area contributed by atoms with Crippen LogP contribution in [0.25, 0.3) is 0 Å². The fourth-order valence-corrected chi connectivity index (χ4v) is 1.11. The molecule has 0 atom stereocenters. The zero-order valence-electron chi connectivity index (χ0n) is 10.5. The number of aliphatic carboxylic acids is 1. The molecular weight excluding hydrogens is 226 g/mol. The van der Waals surface area contributed by atoms with Gasteiger partial charge in [-0.2, -0.15) is 0 Å². The van der Waals surface area contributed by atoms with Crippen LogP contribution in [0.4, 0.5) is 4.79 Å². The van der Waals surface area contributed by atoms with E-state index in [4.69, 9.17) is 10.8 Å². The van der Waals surface area contributed by atoms with Crippen LogP contribution in [0.3, 0.4) is 0 Å². The average Bonchev–Trinajstić information content (AvgIpc) is 1.96. The van der Waals surface area contributed by atoms with Gasteiger partial charge in [0.25, 0.3) is 0 Å². The van der Waals surface area contributed by atoms with Crippen molar-refractivity contribution >= 4 is 17.9 Å². The summed E-state index contributed by atoms with van der Waals surface area (Å²) in [6.45, 7) is 6.05. The van der Waals surface area contributed by atoms with E-state index < -0.39 is 29.0 Å². The lowest BCUT2D eigenvalue weighted by atomic mass is 10.0. The Morgan fingerprint density at radius 1 is 1.12 bits per heavy atom. The Balaban J connectivity index is 4.46. The predicted octanol–water partition coefficient (Wildman–Crippen LogP) is -0.197. The number of nitrogens with two attached hydrogens (primary N) is 1. The molecule has 0 aliphatic carbocycles. The van der Waals surface area contributed by atoms with E-state index in [1.54, 1.807) is 13.8 Å². The molecule has 5 N–H and O–H groups in total. The van der Waals surface area contributed by atoms with Crippen molar-refractivity contribution < 1.29 is 19.5 Å². The number of carboxylic acid groups (broad SMARTS) is 1.